The zero-order valence-corrected chi connectivity index (χ0v) is 13.7. The van der Waals surface area contributed by atoms with Crippen molar-refractivity contribution in [1.82, 2.24) is 24.5 Å². The van der Waals surface area contributed by atoms with Gasteiger partial charge in [-0.15, -0.1) is 5.10 Å². The molecule has 0 spiro atoms. The molecule has 1 unspecified atom stereocenters. The number of halogens is 1. The van der Waals surface area contributed by atoms with Crippen LogP contribution in [0, 0.1) is 5.82 Å². The van der Waals surface area contributed by atoms with E-state index >= 15 is 0 Å². The van der Waals surface area contributed by atoms with Gasteiger partial charge in [-0.2, -0.15) is 5.10 Å². The molecular formula is C16H15FN6O3. The van der Waals surface area contributed by atoms with Gasteiger partial charge in [-0.25, -0.2) is 18.9 Å². The first-order valence-corrected chi connectivity index (χ1v) is 7.64. The molecule has 0 fully saturated rings. The molecule has 9 nitrogen and oxygen atoms in total. The van der Waals surface area contributed by atoms with E-state index in [4.69, 9.17) is 5.11 Å². The first kappa shape index (κ1) is 17.3. The van der Waals surface area contributed by atoms with Crippen LogP contribution in [-0.4, -0.2) is 41.5 Å². The van der Waals surface area contributed by atoms with Crippen LogP contribution < -0.4 is 5.32 Å². The van der Waals surface area contributed by atoms with Gasteiger partial charge in [0.25, 0.3) is 5.91 Å². The molecule has 1 aromatic carbocycles. The Hall–Kier alpha value is -3.56. The van der Waals surface area contributed by atoms with E-state index in [1.807, 2.05) is 0 Å². The van der Waals surface area contributed by atoms with Gasteiger partial charge >= 0.3 is 5.97 Å². The SMILES string of the molecule is CC(C(=O)Nc1ncn(Cc2cccc(F)c2)n1)n1cc(C(=O)O)cn1. The van der Waals surface area contributed by atoms with Crippen molar-refractivity contribution in [2.75, 3.05) is 5.32 Å². The number of nitrogens with one attached hydrogen (secondary N) is 1. The Balaban J connectivity index is 1.64. The van der Waals surface area contributed by atoms with Crippen LogP contribution in [0.15, 0.2) is 43.0 Å². The molecule has 0 saturated carbocycles. The molecule has 134 valence electrons. The molecule has 1 amide bonds. The number of carbonyl (C=O) groups excluding carboxylic acids is 1. The number of aromatic nitrogens is 5. The van der Waals surface area contributed by atoms with Gasteiger partial charge in [0.15, 0.2) is 0 Å². The lowest BCUT2D eigenvalue weighted by molar-refractivity contribution is -0.119. The number of nitrogens with zero attached hydrogens (tertiary/aromatic N) is 5. The van der Waals surface area contributed by atoms with E-state index in [1.54, 1.807) is 19.1 Å². The van der Waals surface area contributed by atoms with Crippen molar-refractivity contribution < 1.29 is 19.1 Å². The maximum Gasteiger partial charge on any atom is 0.338 e. The van der Waals surface area contributed by atoms with Gasteiger partial charge in [-0.3, -0.25) is 14.8 Å². The van der Waals surface area contributed by atoms with E-state index in [0.717, 1.165) is 6.20 Å². The maximum atomic E-state index is 13.2. The molecule has 3 rings (SSSR count). The van der Waals surface area contributed by atoms with Gasteiger partial charge < -0.3 is 5.11 Å². The largest absolute Gasteiger partial charge is 0.478 e. The average molecular weight is 358 g/mol. The zero-order valence-electron chi connectivity index (χ0n) is 13.7. The second-order valence-corrected chi connectivity index (χ2v) is 5.58. The number of rotatable bonds is 6. The first-order valence-electron chi connectivity index (χ1n) is 7.64. The van der Waals surface area contributed by atoms with E-state index in [9.17, 15) is 14.0 Å². The van der Waals surface area contributed by atoms with Gasteiger partial charge in [0.05, 0.1) is 18.3 Å². The molecule has 0 bridgehead atoms. The minimum absolute atomic E-state index is 0.0119. The lowest BCUT2D eigenvalue weighted by Gasteiger charge is -2.10. The Morgan fingerprint density at radius 2 is 2.19 bits per heavy atom. The Kier molecular flexibility index (Phi) is 4.74. The average Bonchev–Trinajstić information content (AvgIpc) is 3.24. The van der Waals surface area contributed by atoms with E-state index in [2.05, 4.69) is 20.5 Å². The summed E-state index contributed by atoms with van der Waals surface area (Å²) in [5, 5.41) is 19.4. The van der Waals surface area contributed by atoms with Crippen LogP contribution in [0.5, 0.6) is 0 Å². The Bertz CT molecular complexity index is 951. The number of amides is 1. The predicted molar refractivity (Wildman–Crippen MR) is 88.1 cm³/mol. The van der Waals surface area contributed by atoms with E-state index in [-0.39, 0.29) is 17.3 Å². The standard InChI is InChI=1S/C16H15FN6O3/c1-10(23-8-12(6-19-23)15(25)26)14(24)20-16-18-9-22(21-16)7-11-3-2-4-13(17)5-11/h2-6,8-10H,7H2,1H3,(H,25,26)(H,20,21,24). The maximum absolute atomic E-state index is 13.2. The van der Waals surface area contributed by atoms with Crippen molar-refractivity contribution in [1.29, 1.82) is 0 Å². The van der Waals surface area contributed by atoms with Crippen LogP contribution in [0.3, 0.4) is 0 Å². The number of carbonyl (C=O) groups is 2. The third kappa shape index (κ3) is 3.91. The fourth-order valence-corrected chi connectivity index (χ4v) is 2.25. The van der Waals surface area contributed by atoms with Gasteiger partial charge in [-0.05, 0) is 24.6 Å². The molecule has 2 aromatic heterocycles. The molecule has 26 heavy (non-hydrogen) atoms. The highest BCUT2D eigenvalue weighted by Crippen LogP contribution is 2.10. The lowest BCUT2D eigenvalue weighted by atomic mass is 10.2. The molecule has 0 saturated heterocycles. The number of benzene rings is 1. The summed E-state index contributed by atoms with van der Waals surface area (Å²) >= 11 is 0. The molecular weight excluding hydrogens is 343 g/mol. The van der Waals surface area contributed by atoms with Crippen LogP contribution in [0.4, 0.5) is 10.3 Å². The smallest absolute Gasteiger partial charge is 0.338 e. The summed E-state index contributed by atoms with van der Waals surface area (Å²) in [4.78, 5) is 27.1. The quantitative estimate of drug-likeness (QED) is 0.691. The summed E-state index contributed by atoms with van der Waals surface area (Å²) in [5.41, 5.74) is 0.695. The summed E-state index contributed by atoms with van der Waals surface area (Å²) in [5.74, 6) is -1.83. The number of hydrogen-bond acceptors (Lipinski definition) is 5. The first-order chi connectivity index (χ1) is 12.4. The number of hydrogen-bond donors (Lipinski definition) is 2. The molecule has 10 heteroatoms. The predicted octanol–water partition coefficient (Wildman–Crippen LogP) is 1.56. The molecule has 1 atom stereocenters. The van der Waals surface area contributed by atoms with Crippen LogP contribution >= 0.6 is 0 Å². The third-order valence-electron chi connectivity index (χ3n) is 3.63. The van der Waals surface area contributed by atoms with Crippen LogP contribution in [0.2, 0.25) is 0 Å². The van der Waals surface area contributed by atoms with Crippen LogP contribution in [-0.2, 0) is 11.3 Å². The summed E-state index contributed by atoms with van der Waals surface area (Å²) in [6, 6.07) is 5.34. The van der Waals surface area contributed by atoms with E-state index in [0.29, 0.717) is 12.1 Å². The number of carboxylic acid groups (broad SMARTS) is 1. The normalized spacial score (nSPS) is 11.9. The van der Waals surface area contributed by atoms with Gasteiger partial charge in [0, 0.05) is 6.20 Å². The Labute approximate surface area is 147 Å². The van der Waals surface area contributed by atoms with Crippen molar-refractivity contribution in [2.24, 2.45) is 0 Å². The topological polar surface area (TPSA) is 115 Å². The number of anilines is 1. The Morgan fingerprint density at radius 3 is 2.88 bits per heavy atom. The van der Waals surface area contributed by atoms with Crippen molar-refractivity contribution in [3.63, 3.8) is 0 Å². The van der Waals surface area contributed by atoms with Gasteiger partial charge in [0.1, 0.15) is 18.2 Å². The highest BCUT2D eigenvalue weighted by atomic mass is 19.1. The van der Waals surface area contributed by atoms with Crippen molar-refractivity contribution in [3.8, 4) is 0 Å². The van der Waals surface area contributed by atoms with Crippen molar-refractivity contribution in [3.05, 3.63) is 59.9 Å². The second-order valence-electron chi connectivity index (χ2n) is 5.58. The van der Waals surface area contributed by atoms with Crippen LogP contribution in [0.1, 0.15) is 28.9 Å². The number of aromatic carboxylic acids is 1. The highest BCUT2D eigenvalue weighted by Gasteiger charge is 2.19. The molecule has 0 aliphatic heterocycles. The monoisotopic (exact) mass is 358 g/mol. The summed E-state index contributed by atoms with van der Waals surface area (Å²) < 4.78 is 15.9. The molecule has 0 radical (unpaired) electrons. The summed E-state index contributed by atoms with van der Waals surface area (Å²) in [6.07, 6.45) is 3.85. The fourth-order valence-electron chi connectivity index (χ4n) is 2.25. The van der Waals surface area contributed by atoms with Crippen molar-refractivity contribution >= 4 is 17.8 Å². The molecule has 0 aliphatic carbocycles. The minimum atomic E-state index is -1.12. The van der Waals surface area contributed by atoms with E-state index in [1.165, 1.54) is 34.0 Å². The third-order valence-corrected chi connectivity index (χ3v) is 3.63. The van der Waals surface area contributed by atoms with Crippen molar-refractivity contribution in [2.45, 2.75) is 19.5 Å². The zero-order chi connectivity index (χ0) is 18.7. The number of carboxylic acids is 1. The van der Waals surface area contributed by atoms with Gasteiger partial charge in [-0.1, -0.05) is 12.1 Å². The van der Waals surface area contributed by atoms with Crippen LogP contribution in [0.25, 0.3) is 0 Å². The molecule has 3 aromatic rings. The highest BCUT2D eigenvalue weighted by molar-refractivity contribution is 5.92. The Morgan fingerprint density at radius 1 is 1.38 bits per heavy atom. The minimum Gasteiger partial charge on any atom is -0.478 e. The van der Waals surface area contributed by atoms with Gasteiger partial charge in [0.2, 0.25) is 5.95 Å². The fraction of sp³-hybridized carbons (Fsp3) is 0.188. The summed E-state index contributed by atoms with van der Waals surface area (Å²) in [7, 11) is 0. The molecule has 2 N–H and O–H groups in total. The summed E-state index contributed by atoms with van der Waals surface area (Å²) in [6.45, 7) is 1.87. The second kappa shape index (κ2) is 7.13. The molecule has 2 heterocycles. The molecule has 0 aliphatic rings. The lowest BCUT2D eigenvalue weighted by Crippen LogP contribution is -2.24. The van der Waals surface area contributed by atoms with E-state index < -0.39 is 17.9 Å².